The molecule has 0 fully saturated rings. The maximum atomic E-state index is 12.3. The molecule has 132 valence electrons. The number of methoxy groups -OCH3 is 1. The molecule has 9 heteroatoms. The Bertz CT molecular complexity index is 907. The highest BCUT2D eigenvalue weighted by atomic mass is 32.2. The molecule has 0 aliphatic rings. The van der Waals surface area contributed by atoms with Crippen molar-refractivity contribution in [2.24, 2.45) is 0 Å². The van der Waals surface area contributed by atoms with Crippen molar-refractivity contribution < 1.29 is 22.9 Å². The number of hydrogen-bond acceptors (Lipinski definition) is 6. The standard InChI is InChI=1S/C16H16N2O6S/c1-11-3-6-13(7-4-11)25(22,23)10-16(19)17-14-8-5-12(18(20)21)9-15(14)24-2/h3-9H,10H2,1-2H3,(H,17,19). The molecule has 2 aromatic rings. The SMILES string of the molecule is COc1cc([N+](=O)[O-])ccc1NC(=O)CS(=O)(=O)c1ccc(C)cc1. The van der Waals surface area contributed by atoms with Gasteiger partial charge in [-0.05, 0) is 25.1 Å². The molecule has 0 radical (unpaired) electrons. The van der Waals surface area contributed by atoms with Crippen molar-refractivity contribution in [1.82, 2.24) is 0 Å². The summed E-state index contributed by atoms with van der Waals surface area (Å²) < 4.78 is 29.5. The number of ether oxygens (including phenoxy) is 1. The van der Waals surface area contributed by atoms with Gasteiger partial charge in [0.1, 0.15) is 11.5 Å². The Hall–Kier alpha value is -2.94. The van der Waals surface area contributed by atoms with Crippen LogP contribution in [0.2, 0.25) is 0 Å². The van der Waals surface area contributed by atoms with E-state index in [1.54, 1.807) is 12.1 Å². The van der Waals surface area contributed by atoms with Crippen molar-refractivity contribution in [1.29, 1.82) is 0 Å². The maximum Gasteiger partial charge on any atom is 0.273 e. The Morgan fingerprint density at radius 2 is 1.84 bits per heavy atom. The van der Waals surface area contributed by atoms with E-state index < -0.39 is 26.4 Å². The molecule has 0 spiro atoms. The minimum Gasteiger partial charge on any atom is -0.494 e. The van der Waals surface area contributed by atoms with E-state index in [0.717, 1.165) is 11.6 Å². The van der Waals surface area contributed by atoms with Crippen molar-refractivity contribution in [3.05, 3.63) is 58.1 Å². The van der Waals surface area contributed by atoms with Crippen LogP contribution in [0.15, 0.2) is 47.4 Å². The van der Waals surface area contributed by atoms with E-state index in [2.05, 4.69) is 5.32 Å². The molecule has 0 aromatic heterocycles. The van der Waals surface area contributed by atoms with E-state index in [4.69, 9.17) is 4.74 Å². The van der Waals surface area contributed by atoms with Crippen LogP contribution in [-0.4, -0.2) is 32.1 Å². The smallest absolute Gasteiger partial charge is 0.273 e. The number of hydrogen-bond donors (Lipinski definition) is 1. The van der Waals surface area contributed by atoms with E-state index in [-0.39, 0.29) is 22.0 Å². The zero-order valence-electron chi connectivity index (χ0n) is 13.6. The predicted molar refractivity (Wildman–Crippen MR) is 91.5 cm³/mol. The van der Waals surface area contributed by atoms with Crippen LogP contribution < -0.4 is 10.1 Å². The van der Waals surface area contributed by atoms with E-state index in [1.165, 1.54) is 31.4 Å². The molecular weight excluding hydrogens is 348 g/mol. The molecule has 8 nitrogen and oxygen atoms in total. The number of rotatable bonds is 6. The van der Waals surface area contributed by atoms with Crippen LogP contribution in [0.3, 0.4) is 0 Å². The highest BCUT2D eigenvalue weighted by Gasteiger charge is 2.21. The lowest BCUT2D eigenvalue weighted by Crippen LogP contribution is -2.23. The van der Waals surface area contributed by atoms with Crippen LogP contribution in [0.25, 0.3) is 0 Å². The number of nitrogens with one attached hydrogen (secondary N) is 1. The predicted octanol–water partition coefficient (Wildman–Crippen LogP) is 2.32. The first-order valence-electron chi connectivity index (χ1n) is 7.14. The van der Waals surface area contributed by atoms with Crippen LogP contribution in [0.5, 0.6) is 5.75 Å². The second-order valence-electron chi connectivity index (χ2n) is 5.26. The first kappa shape index (κ1) is 18.4. The largest absolute Gasteiger partial charge is 0.494 e. The zero-order chi connectivity index (χ0) is 18.6. The number of amides is 1. The monoisotopic (exact) mass is 364 g/mol. The number of sulfone groups is 1. The van der Waals surface area contributed by atoms with Crippen molar-refractivity contribution >= 4 is 27.1 Å². The van der Waals surface area contributed by atoms with E-state index in [9.17, 15) is 23.3 Å². The lowest BCUT2D eigenvalue weighted by molar-refractivity contribution is -0.384. The van der Waals surface area contributed by atoms with Crippen molar-refractivity contribution in [3.8, 4) is 5.75 Å². The maximum absolute atomic E-state index is 12.3. The Labute approximate surface area is 144 Å². The summed E-state index contributed by atoms with van der Waals surface area (Å²) in [7, 11) is -2.51. The third kappa shape index (κ3) is 4.54. The van der Waals surface area contributed by atoms with Gasteiger partial charge in [-0.25, -0.2) is 8.42 Å². The lowest BCUT2D eigenvalue weighted by atomic mass is 10.2. The van der Waals surface area contributed by atoms with Gasteiger partial charge in [-0.15, -0.1) is 0 Å². The van der Waals surface area contributed by atoms with Gasteiger partial charge >= 0.3 is 0 Å². The quantitative estimate of drug-likeness (QED) is 0.621. The van der Waals surface area contributed by atoms with Gasteiger partial charge in [-0.1, -0.05) is 17.7 Å². The second kappa shape index (κ2) is 7.31. The topological polar surface area (TPSA) is 116 Å². The number of aryl methyl sites for hydroxylation is 1. The summed E-state index contributed by atoms with van der Waals surface area (Å²) in [5.74, 6) is -1.46. The Kier molecular flexibility index (Phi) is 5.38. The van der Waals surface area contributed by atoms with Crippen LogP contribution in [-0.2, 0) is 14.6 Å². The lowest BCUT2D eigenvalue weighted by Gasteiger charge is -2.10. The Morgan fingerprint density at radius 1 is 1.20 bits per heavy atom. The summed E-state index contributed by atoms with van der Waals surface area (Å²) in [5, 5.41) is 13.2. The highest BCUT2D eigenvalue weighted by molar-refractivity contribution is 7.92. The zero-order valence-corrected chi connectivity index (χ0v) is 14.4. The normalized spacial score (nSPS) is 11.0. The number of carbonyl (C=O) groups is 1. The van der Waals surface area contributed by atoms with Gasteiger partial charge in [-0.3, -0.25) is 14.9 Å². The molecule has 0 unspecified atom stereocenters. The van der Waals surface area contributed by atoms with Crippen molar-refractivity contribution in [2.75, 3.05) is 18.2 Å². The summed E-state index contributed by atoms with van der Waals surface area (Å²) in [5.41, 5.74) is 0.846. The molecule has 1 N–H and O–H groups in total. The molecule has 0 heterocycles. The summed E-state index contributed by atoms with van der Waals surface area (Å²) in [4.78, 5) is 22.3. The average molecular weight is 364 g/mol. The molecular formula is C16H16N2O6S. The number of anilines is 1. The molecule has 25 heavy (non-hydrogen) atoms. The van der Waals surface area contributed by atoms with Gasteiger partial charge in [0.05, 0.1) is 28.7 Å². The number of benzene rings is 2. The molecule has 2 aromatic carbocycles. The minimum absolute atomic E-state index is 0.0453. The molecule has 2 rings (SSSR count). The Balaban J connectivity index is 2.17. The van der Waals surface area contributed by atoms with Crippen LogP contribution in [0.4, 0.5) is 11.4 Å². The first-order valence-corrected chi connectivity index (χ1v) is 8.80. The third-order valence-electron chi connectivity index (χ3n) is 3.37. The molecule has 0 aliphatic heterocycles. The van der Waals surface area contributed by atoms with E-state index >= 15 is 0 Å². The van der Waals surface area contributed by atoms with Gasteiger partial charge in [-0.2, -0.15) is 0 Å². The van der Waals surface area contributed by atoms with Gasteiger partial charge in [0.2, 0.25) is 5.91 Å². The molecule has 0 bridgehead atoms. The summed E-state index contributed by atoms with van der Waals surface area (Å²) in [6, 6.07) is 9.77. The fourth-order valence-electron chi connectivity index (χ4n) is 2.08. The van der Waals surface area contributed by atoms with Crippen LogP contribution in [0.1, 0.15) is 5.56 Å². The van der Waals surface area contributed by atoms with Gasteiger partial charge in [0.25, 0.3) is 5.69 Å². The number of carbonyl (C=O) groups excluding carboxylic acids is 1. The number of nitro benzene ring substituents is 1. The van der Waals surface area contributed by atoms with Gasteiger partial charge in [0.15, 0.2) is 9.84 Å². The fraction of sp³-hybridized carbons (Fsp3) is 0.188. The summed E-state index contributed by atoms with van der Waals surface area (Å²) in [6.45, 7) is 1.82. The molecule has 0 saturated heterocycles. The summed E-state index contributed by atoms with van der Waals surface area (Å²) in [6.07, 6.45) is 0. The van der Waals surface area contributed by atoms with E-state index in [1.807, 2.05) is 6.92 Å². The first-order chi connectivity index (χ1) is 11.7. The molecule has 0 saturated carbocycles. The van der Waals surface area contributed by atoms with Crippen LogP contribution in [0, 0.1) is 17.0 Å². The summed E-state index contributed by atoms with van der Waals surface area (Å²) >= 11 is 0. The minimum atomic E-state index is -3.80. The fourth-order valence-corrected chi connectivity index (χ4v) is 3.22. The number of nitrogens with zero attached hydrogens (tertiary/aromatic N) is 1. The third-order valence-corrected chi connectivity index (χ3v) is 5.00. The Morgan fingerprint density at radius 3 is 2.40 bits per heavy atom. The second-order valence-corrected chi connectivity index (χ2v) is 7.25. The molecule has 0 aliphatic carbocycles. The average Bonchev–Trinajstić information content (AvgIpc) is 2.54. The van der Waals surface area contributed by atoms with Crippen LogP contribution >= 0.6 is 0 Å². The molecule has 1 amide bonds. The number of nitro groups is 1. The highest BCUT2D eigenvalue weighted by Crippen LogP contribution is 2.29. The molecule has 0 atom stereocenters. The van der Waals surface area contributed by atoms with Crippen molar-refractivity contribution in [2.45, 2.75) is 11.8 Å². The number of non-ortho nitro benzene ring substituents is 1. The van der Waals surface area contributed by atoms with Gasteiger partial charge < -0.3 is 10.1 Å². The van der Waals surface area contributed by atoms with Crippen molar-refractivity contribution in [3.63, 3.8) is 0 Å². The van der Waals surface area contributed by atoms with E-state index in [0.29, 0.717) is 0 Å². The van der Waals surface area contributed by atoms with Gasteiger partial charge in [0, 0.05) is 6.07 Å².